The summed E-state index contributed by atoms with van der Waals surface area (Å²) >= 11 is 11.1. The minimum absolute atomic E-state index is 0.690. The summed E-state index contributed by atoms with van der Waals surface area (Å²) in [6.45, 7) is 0.725. The number of rotatable bonds is 3. The van der Waals surface area contributed by atoms with Crippen molar-refractivity contribution >= 4 is 38.9 Å². The van der Waals surface area contributed by atoms with E-state index < -0.39 is 0 Å². The number of nitrogens with one attached hydrogen (secondary N) is 1. The molecule has 84 valence electrons. The van der Waals surface area contributed by atoms with Crippen LogP contribution in [0.5, 0.6) is 0 Å². The van der Waals surface area contributed by atoms with Gasteiger partial charge in [0.25, 0.3) is 0 Å². The molecule has 2 rings (SSSR count). The van der Waals surface area contributed by atoms with Crippen molar-refractivity contribution < 1.29 is 0 Å². The molecule has 0 aliphatic carbocycles. The third-order valence-electron chi connectivity index (χ3n) is 1.95. The van der Waals surface area contributed by atoms with E-state index in [1.165, 1.54) is 0 Å². The first kappa shape index (κ1) is 12.0. The van der Waals surface area contributed by atoms with Crippen LogP contribution in [0, 0.1) is 0 Å². The van der Waals surface area contributed by atoms with Crippen LogP contribution >= 0.6 is 38.9 Å². The molecule has 1 aromatic heterocycles. The fourth-order valence-corrected chi connectivity index (χ4v) is 2.75. The van der Waals surface area contributed by atoms with E-state index >= 15 is 0 Å². The van der Waals surface area contributed by atoms with Crippen molar-refractivity contribution in [3.8, 4) is 10.6 Å². The molecule has 0 amide bonds. The maximum absolute atomic E-state index is 6.12. The predicted octanol–water partition coefficient (Wildman–Crippen LogP) is 3.34. The van der Waals surface area contributed by atoms with Crippen molar-refractivity contribution in [3.05, 3.63) is 32.7 Å². The fraction of sp³-hybridized carbons (Fsp3) is 0.200. The molecule has 2 aromatic rings. The van der Waals surface area contributed by atoms with Crippen LogP contribution in [-0.2, 0) is 6.54 Å². The summed E-state index contributed by atoms with van der Waals surface area (Å²) < 4.78 is 0.984. The van der Waals surface area contributed by atoms with Crippen LogP contribution < -0.4 is 5.32 Å². The molecule has 16 heavy (non-hydrogen) atoms. The Morgan fingerprint density at radius 1 is 1.44 bits per heavy atom. The second kappa shape index (κ2) is 5.23. The zero-order valence-corrected chi connectivity index (χ0v) is 11.7. The monoisotopic (exact) mass is 317 g/mol. The van der Waals surface area contributed by atoms with Gasteiger partial charge in [-0.15, -0.1) is 10.2 Å². The van der Waals surface area contributed by atoms with E-state index in [2.05, 4.69) is 31.4 Å². The Bertz CT molecular complexity index is 501. The molecule has 0 unspecified atom stereocenters. The maximum atomic E-state index is 6.12. The van der Waals surface area contributed by atoms with E-state index in [9.17, 15) is 0 Å². The quantitative estimate of drug-likeness (QED) is 0.943. The predicted molar refractivity (Wildman–Crippen MR) is 70.8 cm³/mol. The largest absolute Gasteiger partial charge is 0.313 e. The topological polar surface area (TPSA) is 37.8 Å². The highest BCUT2D eigenvalue weighted by Crippen LogP contribution is 2.32. The normalized spacial score (nSPS) is 10.7. The Balaban J connectivity index is 2.38. The summed E-state index contributed by atoms with van der Waals surface area (Å²) in [5.41, 5.74) is 0.913. The van der Waals surface area contributed by atoms with E-state index in [1.54, 1.807) is 11.3 Å². The Morgan fingerprint density at radius 3 is 3.00 bits per heavy atom. The third-order valence-corrected chi connectivity index (χ3v) is 3.73. The molecule has 0 bridgehead atoms. The molecule has 0 radical (unpaired) electrons. The molecule has 0 aliphatic rings. The van der Waals surface area contributed by atoms with Gasteiger partial charge >= 0.3 is 0 Å². The van der Waals surface area contributed by atoms with E-state index in [4.69, 9.17) is 11.6 Å². The van der Waals surface area contributed by atoms with Gasteiger partial charge in [0.1, 0.15) is 10.0 Å². The molecule has 0 saturated carbocycles. The number of hydrogen-bond acceptors (Lipinski definition) is 4. The standard InChI is InChI=1S/C10H9BrClN3S/c1-13-5-9-14-15-10(16-9)7-4-6(11)2-3-8(7)12/h2-4,13H,5H2,1H3. The molecular formula is C10H9BrClN3S. The molecule has 3 nitrogen and oxygen atoms in total. The van der Waals surface area contributed by atoms with Crippen LogP contribution in [0.15, 0.2) is 22.7 Å². The van der Waals surface area contributed by atoms with Crippen LogP contribution in [0.3, 0.4) is 0 Å². The molecule has 1 N–H and O–H groups in total. The van der Waals surface area contributed by atoms with Gasteiger partial charge in [-0.2, -0.15) is 0 Å². The molecule has 0 aliphatic heterocycles. The van der Waals surface area contributed by atoms with Gasteiger partial charge in [-0.05, 0) is 25.2 Å². The third kappa shape index (κ3) is 2.60. The van der Waals surface area contributed by atoms with Crippen molar-refractivity contribution in [2.75, 3.05) is 7.05 Å². The second-order valence-electron chi connectivity index (χ2n) is 3.16. The van der Waals surface area contributed by atoms with Crippen molar-refractivity contribution in [3.63, 3.8) is 0 Å². The fourth-order valence-electron chi connectivity index (χ4n) is 1.25. The Labute approximate surface area is 111 Å². The number of aromatic nitrogens is 2. The average molecular weight is 319 g/mol. The summed E-state index contributed by atoms with van der Waals surface area (Å²) in [6, 6.07) is 5.70. The lowest BCUT2D eigenvalue weighted by molar-refractivity contribution is 0.795. The summed E-state index contributed by atoms with van der Waals surface area (Å²) in [4.78, 5) is 0. The number of nitrogens with zero attached hydrogens (tertiary/aromatic N) is 2. The SMILES string of the molecule is CNCc1nnc(-c2cc(Br)ccc2Cl)s1. The van der Waals surface area contributed by atoms with Gasteiger partial charge in [0.15, 0.2) is 0 Å². The van der Waals surface area contributed by atoms with Gasteiger partial charge in [0.05, 0.1) is 5.02 Å². The van der Waals surface area contributed by atoms with Gasteiger partial charge in [-0.3, -0.25) is 0 Å². The summed E-state index contributed by atoms with van der Waals surface area (Å²) in [5, 5.41) is 13.7. The maximum Gasteiger partial charge on any atom is 0.149 e. The number of benzene rings is 1. The number of halogens is 2. The van der Waals surface area contributed by atoms with E-state index in [1.807, 2.05) is 25.2 Å². The van der Waals surface area contributed by atoms with Gasteiger partial charge in [-0.25, -0.2) is 0 Å². The number of hydrogen-bond donors (Lipinski definition) is 1. The highest BCUT2D eigenvalue weighted by Gasteiger charge is 2.10. The smallest absolute Gasteiger partial charge is 0.149 e. The van der Waals surface area contributed by atoms with Crippen molar-refractivity contribution in [2.45, 2.75) is 6.54 Å². The van der Waals surface area contributed by atoms with E-state index in [-0.39, 0.29) is 0 Å². The summed E-state index contributed by atoms with van der Waals surface area (Å²) in [5.74, 6) is 0. The van der Waals surface area contributed by atoms with Crippen molar-refractivity contribution in [1.29, 1.82) is 0 Å². The van der Waals surface area contributed by atoms with Crippen LogP contribution in [0.2, 0.25) is 5.02 Å². The first-order valence-corrected chi connectivity index (χ1v) is 6.62. The lowest BCUT2D eigenvalue weighted by Gasteiger charge is -1.99. The molecule has 0 spiro atoms. The van der Waals surface area contributed by atoms with E-state index in [0.29, 0.717) is 5.02 Å². The highest BCUT2D eigenvalue weighted by molar-refractivity contribution is 9.10. The molecule has 0 saturated heterocycles. The zero-order valence-electron chi connectivity index (χ0n) is 8.50. The molecule has 0 atom stereocenters. The van der Waals surface area contributed by atoms with Crippen molar-refractivity contribution in [2.24, 2.45) is 0 Å². The first-order valence-electron chi connectivity index (χ1n) is 4.63. The molecular weight excluding hydrogens is 310 g/mol. The first-order chi connectivity index (χ1) is 7.70. The molecule has 1 aromatic carbocycles. The van der Waals surface area contributed by atoms with Gasteiger partial charge in [0, 0.05) is 16.6 Å². The lowest BCUT2D eigenvalue weighted by Crippen LogP contribution is -2.04. The second-order valence-corrected chi connectivity index (χ2v) is 5.54. The molecule has 1 heterocycles. The van der Waals surface area contributed by atoms with Gasteiger partial charge in [0.2, 0.25) is 0 Å². The minimum Gasteiger partial charge on any atom is -0.313 e. The summed E-state index contributed by atoms with van der Waals surface area (Å²) in [7, 11) is 1.88. The molecule has 0 fully saturated rings. The van der Waals surface area contributed by atoms with Gasteiger partial charge < -0.3 is 5.32 Å². The molecule has 6 heteroatoms. The van der Waals surface area contributed by atoms with Crippen molar-refractivity contribution in [1.82, 2.24) is 15.5 Å². The lowest BCUT2D eigenvalue weighted by atomic mass is 10.2. The highest BCUT2D eigenvalue weighted by atomic mass is 79.9. The van der Waals surface area contributed by atoms with E-state index in [0.717, 1.165) is 26.6 Å². The zero-order chi connectivity index (χ0) is 11.5. The summed E-state index contributed by atoms with van der Waals surface area (Å²) in [6.07, 6.45) is 0. The van der Waals surface area contributed by atoms with Crippen LogP contribution in [0.4, 0.5) is 0 Å². The van der Waals surface area contributed by atoms with Crippen LogP contribution in [-0.4, -0.2) is 17.2 Å². The van der Waals surface area contributed by atoms with Crippen LogP contribution in [0.25, 0.3) is 10.6 Å². The minimum atomic E-state index is 0.690. The Kier molecular flexibility index (Phi) is 3.91. The Morgan fingerprint density at radius 2 is 2.25 bits per heavy atom. The van der Waals surface area contributed by atoms with Gasteiger partial charge in [-0.1, -0.05) is 38.9 Å². The Hall–Kier alpha value is -0.490. The van der Waals surface area contributed by atoms with Crippen LogP contribution in [0.1, 0.15) is 5.01 Å². The average Bonchev–Trinajstić information content (AvgIpc) is 2.71.